The van der Waals surface area contributed by atoms with Crippen LogP contribution in [-0.2, 0) is 0 Å². The monoisotopic (exact) mass is 224 g/mol. The average Bonchev–Trinajstić information content (AvgIpc) is 2.29. The molecule has 0 bridgehead atoms. The summed E-state index contributed by atoms with van der Waals surface area (Å²) >= 11 is 0. The molecule has 0 aliphatic carbocycles. The van der Waals surface area contributed by atoms with Crippen LogP contribution in [0.1, 0.15) is 12.8 Å². The number of rotatable bonds is 2. The van der Waals surface area contributed by atoms with E-state index < -0.39 is 5.54 Å². The van der Waals surface area contributed by atoms with Crippen molar-refractivity contribution in [1.29, 1.82) is 0 Å². The van der Waals surface area contributed by atoms with E-state index in [2.05, 4.69) is 0 Å². The first-order chi connectivity index (χ1) is 7.63. The van der Waals surface area contributed by atoms with Crippen LogP contribution in [0.2, 0.25) is 0 Å². The van der Waals surface area contributed by atoms with Crippen molar-refractivity contribution in [3.63, 3.8) is 0 Å². The predicted molar refractivity (Wildman–Crippen MR) is 61.9 cm³/mol. The number of aliphatic hydroxyl groups excluding tert-OH is 1. The quantitative estimate of drug-likeness (QED) is 0.791. The maximum Gasteiger partial charge on any atom is 0.125 e. The molecule has 3 nitrogen and oxygen atoms in total. The molecule has 1 aliphatic heterocycles. The minimum absolute atomic E-state index is 0.0290. The first-order valence-corrected chi connectivity index (χ1v) is 5.53. The maximum atomic E-state index is 13.1. The normalized spacial score (nSPS) is 25.8. The zero-order valence-electron chi connectivity index (χ0n) is 9.19. The summed E-state index contributed by atoms with van der Waals surface area (Å²) < 4.78 is 13.1. The lowest BCUT2D eigenvalue weighted by molar-refractivity contribution is 0.177. The molecule has 1 saturated heterocycles. The highest BCUT2D eigenvalue weighted by Crippen LogP contribution is 2.24. The molecule has 1 unspecified atom stereocenters. The van der Waals surface area contributed by atoms with Crippen molar-refractivity contribution in [2.75, 3.05) is 24.6 Å². The highest BCUT2D eigenvalue weighted by molar-refractivity contribution is 5.47. The van der Waals surface area contributed by atoms with Gasteiger partial charge in [-0.05, 0) is 31.0 Å². The van der Waals surface area contributed by atoms with Crippen LogP contribution < -0.4 is 10.6 Å². The molecule has 0 radical (unpaired) electrons. The highest BCUT2D eigenvalue weighted by Gasteiger charge is 2.31. The Bertz CT molecular complexity index is 372. The Hall–Kier alpha value is -1.13. The lowest BCUT2D eigenvalue weighted by Crippen LogP contribution is -2.56. The van der Waals surface area contributed by atoms with Gasteiger partial charge in [-0.1, -0.05) is 6.07 Å². The second kappa shape index (κ2) is 4.39. The molecule has 0 saturated carbocycles. The van der Waals surface area contributed by atoms with Gasteiger partial charge in [-0.3, -0.25) is 0 Å². The maximum absolute atomic E-state index is 13.1. The zero-order valence-corrected chi connectivity index (χ0v) is 9.19. The lowest BCUT2D eigenvalue weighted by atomic mass is 9.91. The molecule has 0 spiro atoms. The summed E-state index contributed by atoms with van der Waals surface area (Å²) in [6.45, 7) is 1.41. The molecule has 1 aliphatic rings. The van der Waals surface area contributed by atoms with Crippen molar-refractivity contribution in [3.8, 4) is 0 Å². The second-order valence-corrected chi connectivity index (χ2v) is 4.53. The van der Waals surface area contributed by atoms with E-state index in [1.54, 1.807) is 6.07 Å². The van der Waals surface area contributed by atoms with E-state index in [4.69, 9.17) is 5.73 Å². The van der Waals surface area contributed by atoms with Crippen molar-refractivity contribution in [1.82, 2.24) is 0 Å². The topological polar surface area (TPSA) is 49.5 Å². The van der Waals surface area contributed by atoms with Crippen LogP contribution in [0.25, 0.3) is 0 Å². The van der Waals surface area contributed by atoms with Gasteiger partial charge in [0, 0.05) is 18.8 Å². The number of nitrogens with two attached hydrogens (primary N) is 1. The van der Waals surface area contributed by atoms with Crippen molar-refractivity contribution in [2.45, 2.75) is 18.4 Å². The number of anilines is 1. The molecule has 0 aromatic heterocycles. The van der Waals surface area contributed by atoms with Gasteiger partial charge in [0.2, 0.25) is 0 Å². The van der Waals surface area contributed by atoms with Gasteiger partial charge >= 0.3 is 0 Å². The summed E-state index contributed by atoms with van der Waals surface area (Å²) in [4.78, 5) is 2.03. The Labute approximate surface area is 94.7 Å². The van der Waals surface area contributed by atoms with E-state index in [0.717, 1.165) is 25.1 Å². The summed E-state index contributed by atoms with van der Waals surface area (Å²) in [5.41, 5.74) is 6.32. The highest BCUT2D eigenvalue weighted by atomic mass is 19.1. The molecule has 16 heavy (non-hydrogen) atoms. The van der Waals surface area contributed by atoms with Crippen molar-refractivity contribution < 1.29 is 9.50 Å². The van der Waals surface area contributed by atoms with Crippen LogP contribution in [0.3, 0.4) is 0 Å². The molecule has 3 N–H and O–H groups in total. The Morgan fingerprint density at radius 3 is 3.00 bits per heavy atom. The van der Waals surface area contributed by atoms with Crippen LogP contribution in [0.5, 0.6) is 0 Å². The Morgan fingerprint density at radius 2 is 2.31 bits per heavy atom. The number of halogens is 1. The van der Waals surface area contributed by atoms with E-state index in [9.17, 15) is 9.50 Å². The molecular weight excluding hydrogens is 207 g/mol. The fraction of sp³-hybridized carbons (Fsp3) is 0.500. The van der Waals surface area contributed by atoms with Crippen LogP contribution in [0.4, 0.5) is 10.1 Å². The first-order valence-electron chi connectivity index (χ1n) is 5.53. The summed E-state index contributed by atoms with van der Waals surface area (Å²) in [7, 11) is 0. The lowest BCUT2D eigenvalue weighted by Gasteiger charge is -2.40. The largest absolute Gasteiger partial charge is 0.394 e. The third-order valence-electron chi connectivity index (χ3n) is 3.10. The number of aliphatic hydroxyl groups is 1. The molecule has 4 heteroatoms. The second-order valence-electron chi connectivity index (χ2n) is 4.53. The zero-order chi connectivity index (χ0) is 11.6. The third-order valence-corrected chi connectivity index (χ3v) is 3.10. The van der Waals surface area contributed by atoms with Gasteiger partial charge in [0.1, 0.15) is 5.82 Å². The van der Waals surface area contributed by atoms with Crippen molar-refractivity contribution in [2.24, 2.45) is 5.73 Å². The average molecular weight is 224 g/mol. The fourth-order valence-corrected chi connectivity index (χ4v) is 2.18. The molecule has 1 aromatic rings. The molecule has 1 atom stereocenters. The van der Waals surface area contributed by atoms with Gasteiger partial charge < -0.3 is 15.7 Å². The summed E-state index contributed by atoms with van der Waals surface area (Å²) in [5.74, 6) is -0.241. The molecule has 88 valence electrons. The molecule has 2 rings (SSSR count). The number of hydrogen-bond acceptors (Lipinski definition) is 3. The third kappa shape index (κ3) is 2.33. The van der Waals surface area contributed by atoms with Crippen molar-refractivity contribution in [3.05, 3.63) is 30.1 Å². The van der Waals surface area contributed by atoms with Gasteiger partial charge in [0.05, 0.1) is 12.1 Å². The van der Waals surface area contributed by atoms with Gasteiger partial charge in [0.15, 0.2) is 0 Å². The van der Waals surface area contributed by atoms with E-state index in [-0.39, 0.29) is 12.4 Å². The number of benzene rings is 1. The minimum atomic E-state index is -0.551. The smallest absolute Gasteiger partial charge is 0.125 e. The fourth-order valence-electron chi connectivity index (χ4n) is 2.18. The SMILES string of the molecule is NC1(CO)CCCN(c2cccc(F)c2)C1. The van der Waals surface area contributed by atoms with Gasteiger partial charge in [-0.2, -0.15) is 0 Å². The van der Waals surface area contributed by atoms with E-state index >= 15 is 0 Å². The standard InChI is InChI=1S/C12H17FN2O/c13-10-3-1-4-11(7-10)15-6-2-5-12(14,8-15)9-16/h1,3-4,7,16H,2,5-6,8-9,14H2. The van der Waals surface area contributed by atoms with Gasteiger partial charge in [-0.25, -0.2) is 4.39 Å². The van der Waals surface area contributed by atoms with Crippen LogP contribution in [0.15, 0.2) is 24.3 Å². The first kappa shape index (κ1) is 11.4. The Morgan fingerprint density at radius 1 is 1.50 bits per heavy atom. The number of nitrogens with zero attached hydrogens (tertiary/aromatic N) is 1. The van der Waals surface area contributed by atoms with Gasteiger partial charge in [-0.15, -0.1) is 0 Å². The molecule has 1 fully saturated rings. The van der Waals surface area contributed by atoms with Crippen LogP contribution in [0, 0.1) is 5.82 Å². The van der Waals surface area contributed by atoms with Crippen molar-refractivity contribution >= 4 is 5.69 Å². The van der Waals surface area contributed by atoms with E-state index in [1.165, 1.54) is 12.1 Å². The molecular formula is C12H17FN2O. The van der Waals surface area contributed by atoms with Gasteiger partial charge in [0.25, 0.3) is 0 Å². The van der Waals surface area contributed by atoms with Crippen LogP contribution >= 0.6 is 0 Å². The van der Waals surface area contributed by atoms with E-state index in [1.807, 2.05) is 11.0 Å². The number of hydrogen-bond donors (Lipinski definition) is 2. The summed E-state index contributed by atoms with van der Waals surface area (Å²) in [6, 6.07) is 6.49. The summed E-state index contributed by atoms with van der Waals surface area (Å²) in [6.07, 6.45) is 1.74. The molecule has 1 heterocycles. The minimum Gasteiger partial charge on any atom is -0.394 e. The van der Waals surface area contributed by atoms with E-state index in [0.29, 0.717) is 6.54 Å². The summed E-state index contributed by atoms with van der Waals surface area (Å²) in [5, 5.41) is 9.24. The Kier molecular flexibility index (Phi) is 3.12. The molecule has 1 aromatic carbocycles. The molecule has 0 amide bonds. The Balaban J connectivity index is 2.16. The predicted octanol–water partition coefficient (Wildman–Crippen LogP) is 1.12. The number of piperidine rings is 1. The van der Waals surface area contributed by atoms with Crippen LogP contribution in [-0.4, -0.2) is 30.3 Å².